The number of aromatic nitrogens is 3. The molecule has 5 nitrogen and oxygen atoms in total. The number of pyridine rings is 1. The van der Waals surface area contributed by atoms with Crippen LogP contribution >= 0.6 is 11.6 Å². The van der Waals surface area contributed by atoms with E-state index < -0.39 is 18.6 Å². The molecule has 26 heavy (non-hydrogen) atoms. The molecule has 0 aliphatic heterocycles. The molecule has 3 aromatic rings. The Morgan fingerprint density at radius 2 is 1.88 bits per heavy atom. The molecular weight excluding hydrogens is 369 g/mol. The molecule has 0 fully saturated rings. The van der Waals surface area contributed by atoms with Crippen LogP contribution < -0.4 is 4.90 Å². The summed E-state index contributed by atoms with van der Waals surface area (Å²) in [5, 5.41) is 4.42. The van der Waals surface area contributed by atoms with Gasteiger partial charge in [0.25, 0.3) is 5.91 Å². The molecule has 0 radical (unpaired) electrons. The van der Waals surface area contributed by atoms with Gasteiger partial charge in [-0.25, -0.2) is 9.67 Å². The highest BCUT2D eigenvalue weighted by molar-refractivity contribution is 6.32. The summed E-state index contributed by atoms with van der Waals surface area (Å²) in [6.45, 7) is -1.46. The number of benzene rings is 1. The SMILES string of the molecule is O=C(c1cnn(-c2ccccc2Cl)c1)N(CC(F)(F)F)c1ccccn1. The molecule has 1 aromatic carbocycles. The number of carbonyl (C=O) groups excluding carboxylic acids is 1. The van der Waals surface area contributed by atoms with Crippen molar-refractivity contribution in [3.05, 3.63) is 71.6 Å². The van der Waals surface area contributed by atoms with Crippen LogP contribution in [0.3, 0.4) is 0 Å². The average molecular weight is 381 g/mol. The van der Waals surface area contributed by atoms with Gasteiger partial charge in [0, 0.05) is 12.4 Å². The van der Waals surface area contributed by atoms with Crippen molar-refractivity contribution in [2.45, 2.75) is 6.18 Å². The lowest BCUT2D eigenvalue weighted by atomic mass is 10.3. The second kappa shape index (κ2) is 7.17. The molecule has 0 aliphatic carbocycles. The molecule has 0 aliphatic rings. The molecule has 0 saturated carbocycles. The number of para-hydroxylation sites is 1. The van der Waals surface area contributed by atoms with Crippen LogP contribution in [0.15, 0.2) is 61.1 Å². The van der Waals surface area contributed by atoms with Gasteiger partial charge >= 0.3 is 6.18 Å². The summed E-state index contributed by atoms with van der Waals surface area (Å²) < 4.78 is 40.1. The smallest absolute Gasteiger partial charge is 0.283 e. The highest BCUT2D eigenvalue weighted by atomic mass is 35.5. The van der Waals surface area contributed by atoms with Gasteiger partial charge in [-0.15, -0.1) is 0 Å². The number of amides is 1. The molecule has 0 saturated heterocycles. The van der Waals surface area contributed by atoms with E-state index >= 15 is 0 Å². The first-order chi connectivity index (χ1) is 12.3. The molecule has 0 bridgehead atoms. The van der Waals surface area contributed by atoms with Gasteiger partial charge in [-0.05, 0) is 24.3 Å². The van der Waals surface area contributed by atoms with Crippen molar-refractivity contribution in [2.75, 3.05) is 11.4 Å². The molecule has 1 amide bonds. The van der Waals surface area contributed by atoms with E-state index in [1.807, 2.05) is 0 Å². The van der Waals surface area contributed by atoms with Gasteiger partial charge in [0.2, 0.25) is 0 Å². The monoisotopic (exact) mass is 380 g/mol. The second-order valence-electron chi connectivity index (χ2n) is 5.32. The Morgan fingerprint density at radius 1 is 1.15 bits per heavy atom. The molecule has 0 spiro atoms. The van der Waals surface area contributed by atoms with Gasteiger partial charge in [0.05, 0.1) is 22.5 Å². The van der Waals surface area contributed by atoms with Crippen LogP contribution in [0.5, 0.6) is 0 Å². The van der Waals surface area contributed by atoms with Crippen molar-refractivity contribution in [2.24, 2.45) is 0 Å². The third-order valence-corrected chi connectivity index (χ3v) is 3.76. The summed E-state index contributed by atoms with van der Waals surface area (Å²) in [5.41, 5.74) is 0.494. The maximum atomic E-state index is 12.9. The normalized spacial score (nSPS) is 11.4. The second-order valence-corrected chi connectivity index (χ2v) is 5.73. The number of hydrogen-bond acceptors (Lipinski definition) is 3. The number of anilines is 1. The highest BCUT2D eigenvalue weighted by Crippen LogP contribution is 2.24. The quantitative estimate of drug-likeness (QED) is 0.684. The Balaban J connectivity index is 1.94. The van der Waals surface area contributed by atoms with Crippen LogP contribution in [0.2, 0.25) is 5.02 Å². The van der Waals surface area contributed by atoms with Crippen LogP contribution in [0.1, 0.15) is 10.4 Å². The fourth-order valence-electron chi connectivity index (χ4n) is 2.31. The van der Waals surface area contributed by atoms with Crippen molar-refractivity contribution in [3.8, 4) is 5.69 Å². The summed E-state index contributed by atoms with van der Waals surface area (Å²) >= 11 is 6.08. The van der Waals surface area contributed by atoms with Crippen LogP contribution in [-0.4, -0.2) is 33.4 Å². The standard InChI is InChI=1S/C17H12ClF3N4O/c18-13-5-1-2-6-14(13)25-10-12(9-23-25)16(26)24(11-17(19,20)21)15-7-3-4-8-22-15/h1-10H,11H2. The Kier molecular flexibility index (Phi) is 4.94. The summed E-state index contributed by atoms with van der Waals surface area (Å²) in [7, 11) is 0. The zero-order chi connectivity index (χ0) is 18.7. The highest BCUT2D eigenvalue weighted by Gasteiger charge is 2.35. The van der Waals surface area contributed by atoms with Gasteiger partial charge in [-0.2, -0.15) is 18.3 Å². The molecule has 0 N–H and O–H groups in total. The lowest BCUT2D eigenvalue weighted by Gasteiger charge is -2.22. The fraction of sp³-hybridized carbons (Fsp3) is 0.118. The van der Waals surface area contributed by atoms with Crippen molar-refractivity contribution >= 4 is 23.3 Å². The Morgan fingerprint density at radius 3 is 2.54 bits per heavy atom. The Labute approximate surface area is 151 Å². The summed E-state index contributed by atoms with van der Waals surface area (Å²) in [5.74, 6) is -0.959. The topological polar surface area (TPSA) is 51.0 Å². The van der Waals surface area contributed by atoms with Crippen molar-refractivity contribution in [1.29, 1.82) is 0 Å². The first-order valence-electron chi connectivity index (χ1n) is 7.44. The van der Waals surface area contributed by atoms with E-state index in [-0.39, 0.29) is 11.4 Å². The number of rotatable bonds is 4. The van der Waals surface area contributed by atoms with Crippen molar-refractivity contribution in [1.82, 2.24) is 14.8 Å². The summed E-state index contributed by atoms with van der Waals surface area (Å²) in [6, 6.07) is 11.2. The van der Waals surface area contributed by atoms with E-state index in [9.17, 15) is 18.0 Å². The molecule has 9 heteroatoms. The largest absolute Gasteiger partial charge is 0.406 e. The lowest BCUT2D eigenvalue weighted by Crippen LogP contribution is -2.39. The number of nitrogens with zero attached hydrogens (tertiary/aromatic N) is 4. The molecule has 2 aromatic heterocycles. The van der Waals surface area contributed by atoms with E-state index in [0.29, 0.717) is 15.6 Å². The maximum Gasteiger partial charge on any atom is 0.406 e. The number of halogens is 4. The van der Waals surface area contributed by atoms with E-state index in [0.717, 1.165) is 0 Å². The van der Waals surface area contributed by atoms with Crippen LogP contribution in [0.25, 0.3) is 5.69 Å². The first kappa shape index (κ1) is 17.9. The van der Waals surface area contributed by atoms with Crippen LogP contribution in [-0.2, 0) is 0 Å². The van der Waals surface area contributed by atoms with E-state index in [1.54, 1.807) is 30.3 Å². The minimum absolute atomic E-state index is 0.0141. The van der Waals surface area contributed by atoms with Gasteiger partial charge in [-0.1, -0.05) is 29.8 Å². The van der Waals surface area contributed by atoms with E-state index in [1.165, 1.54) is 35.4 Å². The van der Waals surface area contributed by atoms with E-state index in [2.05, 4.69) is 10.1 Å². The van der Waals surface area contributed by atoms with Gasteiger partial charge in [0.15, 0.2) is 0 Å². The Hall–Kier alpha value is -2.87. The fourth-order valence-corrected chi connectivity index (χ4v) is 2.53. The van der Waals surface area contributed by atoms with Gasteiger partial charge in [0.1, 0.15) is 12.4 Å². The Bertz CT molecular complexity index is 912. The third-order valence-electron chi connectivity index (χ3n) is 3.44. The van der Waals surface area contributed by atoms with E-state index in [4.69, 9.17) is 11.6 Å². The molecule has 2 heterocycles. The third kappa shape index (κ3) is 4.02. The number of carbonyl (C=O) groups is 1. The molecule has 134 valence electrons. The van der Waals surface area contributed by atoms with Gasteiger partial charge < -0.3 is 0 Å². The molecule has 0 atom stereocenters. The zero-order valence-electron chi connectivity index (χ0n) is 13.2. The predicted molar refractivity (Wildman–Crippen MR) is 90.5 cm³/mol. The van der Waals surface area contributed by atoms with Crippen molar-refractivity contribution in [3.63, 3.8) is 0 Å². The molecular formula is C17H12ClF3N4O. The van der Waals surface area contributed by atoms with Crippen LogP contribution in [0, 0.1) is 0 Å². The number of alkyl halides is 3. The zero-order valence-corrected chi connectivity index (χ0v) is 13.9. The van der Waals surface area contributed by atoms with Crippen molar-refractivity contribution < 1.29 is 18.0 Å². The maximum absolute atomic E-state index is 12.9. The van der Waals surface area contributed by atoms with Gasteiger partial charge in [-0.3, -0.25) is 9.69 Å². The lowest BCUT2D eigenvalue weighted by molar-refractivity contribution is -0.118. The van der Waals surface area contributed by atoms with Crippen LogP contribution in [0.4, 0.5) is 19.0 Å². The summed E-state index contributed by atoms with van der Waals surface area (Å²) in [4.78, 5) is 17.1. The first-order valence-corrected chi connectivity index (χ1v) is 7.82. The minimum atomic E-state index is -4.58. The number of hydrogen-bond donors (Lipinski definition) is 0. The predicted octanol–water partition coefficient (Wildman–Crippen LogP) is 4.13. The average Bonchev–Trinajstić information content (AvgIpc) is 3.09. The molecule has 3 rings (SSSR count). The summed E-state index contributed by atoms with van der Waals surface area (Å²) in [6.07, 6.45) is -0.737. The minimum Gasteiger partial charge on any atom is -0.283 e. The molecule has 0 unspecified atom stereocenters.